The number of ether oxygens (including phenoxy) is 2. The Morgan fingerprint density at radius 1 is 1.10 bits per heavy atom. The van der Waals surface area contributed by atoms with Crippen molar-refractivity contribution in [2.75, 3.05) is 13.2 Å². The van der Waals surface area contributed by atoms with Crippen LogP contribution in [0.2, 0.25) is 0 Å². The molecule has 146 valence electrons. The van der Waals surface area contributed by atoms with Gasteiger partial charge in [0, 0.05) is 17.3 Å². The molecule has 1 aliphatic heterocycles. The van der Waals surface area contributed by atoms with Crippen molar-refractivity contribution in [2.24, 2.45) is 10.8 Å². The van der Waals surface area contributed by atoms with Gasteiger partial charge >= 0.3 is 11.8 Å². The van der Waals surface area contributed by atoms with Gasteiger partial charge in [0.25, 0.3) is 0 Å². The average Bonchev–Trinajstić information content (AvgIpc) is 3.18. The largest absolute Gasteiger partial charge is 0.486 e. The Morgan fingerprint density at radius 2 is 1.86 bits per heavy atom. The van der Waals surface area contributed by atoms with Crippen molar-refractivity contribution in [3.8, 4) is 28.4 Å². The summed E-state index contributed by atoms with van der Waals surface area (Å²) >= 11 is 0. The van der Waals surface area contributed by atoms with E-state index in [1.165, 1.54) is 6.21 Å². The molecular formula is C20H17N5O4. The third-order valence-corrected chi connectivity index (χ3v) is 4.17. The molecule has 0 bridgehead atoms. The van der Waals surface area contributed by atoms with E-state index in [0.29, 0.717) is 36.0 Å². The number of aromatic nitrogens is 2. The molecule has 2 heterocycles. The first-order chi connectivity index (χ1) is 14.1. The second-order valence-electron chi connectivity index (χ2n) is 6.13. The van der Waals surface area contributed by atoms with E-state index in [9.17, 15) is 9.59 Å². The molecule has 9 nitrogen and oxygen atoms in total. The van der Waals surface area contributed by atoms with Gasteiger partial charge in [0.1, 0.15) is 18.9 Å². The summed E-state index contributed by atoms with van der Waals surface area (Å²) in [7, 11) is 0. The molecule has 0 spiro atoms. The molecule has 0 aliphatic carbocycles. The summed E-state index contributed by atoms with van der Waals surface area (Å²) in [6, 6.07) is 15.1. The highest BCUT2D eigenvalue weighted by molar-refractivity contribution is 6.34. The summed E-state index contributed by atoms with van der Waals surface area (Å²) in [6.07, 6.45) is 3.17. The number of hydrazone groups is 1. The van der Waals surface area contributed by atoms with Crippen LogP contribution in [0.1, 0.15) is 5.56 Å². The van der Waals surface area contributed by atoms with Gasteiger partial charge in [0.2, 0.25) is 0 Å². The monoisotopic (exact) mass is 391 g/mol. The third kappa shape index (κ3) is 3.93. The topological polar surface area (TPSA) is 121 Å². The van der Waals surface area contributed by atoms with Crippen LogP contribution in [0.25, 0.3) is 16.9 Å². The molecule has 0 radical (unpaired) electrons. The van der Waals surface area contributed by atoms with Crippen LogP contribution in [0, 0.1) is 0 Å². The zero-order chi connectivity index (χ0) is 20.2. The van der Waals surface area contributed by atoms with E-state index in [-0.39, 0.29) is 0 Å². The number of nitrogens with one attached hydrogen (secondary N) is 1. The number of para-hydroxylation sites is 1. The van der Waals surface area contributed by atoms with Crippen LogP contribution in [-0.4, -0.2) is 41.0 Å². The van der Waals surface area contributed by atoms with Crippen LogP contribution in [0.3, 0.4) is 0 Å². The van der Waals surface area contributed by atoms with Crippen LogP contribution >= 0.6 is 0 Å². The van der Waals surface area contributed by atoms with Gasteiger partial charge in [-0.15, -0.1) is 0 Å². The minimum Gasteiger partial charge on any atom is -0.486 e. The standard InChI is InChI=1S/C20H17N5O4/c21-19(26)20(27)23-22-11-14-12-25(15-4-2-1-3-5-15)24-18(14)13-6-7-16-17(10-13)29-9-8-28-16/h1-7,10-12H,8-9H2,(H2,21,26)(H,23,27)/b22-11-. The lowest BCUT2D eigenvalue weighted by atomic mass is 10.1. The zero-order valence-corrected chi connectivity index (χ0v) is 15.2. The molecule has 1 aromatic heterocycles. The molecular weight excluding hydrogens is 374 g/mol. The lowest BCUT2D eigenvalue weighted by molar-refractivity contribution is -0.137. The summed E-state index contributed by atoms with van der Waals surface area (Å²) in [5.74, 6) is -0.814. The normalized spacial score (nSPS) is 12.7. The number of amides is 2. The molecule has 0 atom stereocenters. The molecule has 0 fully saturated rings. The van der Waals surface area contributed by atoms with E-state index in [4.69, 9.17) is 15.2 Å². The fraction of sp³-hybridized carbons (Fsp3) is 0.100. The number of carbonyl (C=O) groups is 2. The molecule has 9 heteroatoms. The number of rotatable bonds is 4. The quantitative estimate of drug-likeness (QED) is 0.394. The highest BCUT2D eigenvalue weighted by Gasteiger charge is 2.17. The van der Waals surface area contributed by atoms with E-state index < -0.39 is 11.8 Å². The van der Waals surface area contributed by atoms with Gasteiger partial charge in [0.05, 0.1) is 11.9 Å². The lowest BCUT2D eigenvalue weighted by Crippen LogP contribution is -2.32. The predicted molar refractivity (Wildman–Crippen MR) is 105 cm³/mol. The van der Waals surface area contributed by atoms with Gasteiger partial charge in [-0.25, -0.2) is 10.1 Å². The number of hydrogen-bond donors (Lipinski definition) is 2. The summed E-state index contributed by atoms with van der Waals surface area (Å²) in [5.41, 5.74) is 9.87. The van der Waals surface area contributed by atoms with Crippen LogP contribution in [0.4, 0.5) is 0 Å². The van der Waals surface area contributed by atoms with Crippen LogP contribution in [0.5, 0.6) is 11.5 Å². The smallest absolute Gasteiger partial charge is 0.329 e. The summed E-state index contributed by atoms with van der Waals surface area (Å²) in [5, 5.41) is 8.47. The van der Waals surface area contributed by atoms with Crippen molar-refractivity contribution >= 4 is 18.0 Å². The molecule has 1 aliphatic rings. The summed E-state index contributed by atoms with van der Waals surface area (Å²) in [4.78, 5) is 22.2. The minimum atomic E-state index is -1.12. The van der Waals surface area contributed by atoms with Gasteiger partial charge in [-0.3, -0.25) is 9.59 Å². The Bertz CT molecular complexity index is 1090. The van der Waals surface area contributed by atoms with Crippen LogP contribution in [-0.2, 0) is 9.59 Å². The van der Waals surface area contributed by atoms with Gasteiger partial charge in [-0.05, 0) is 30.3 Å². The first-order valence-electron chi connectivity index (χ1n) is 8.80. The molecule has 3 N–H and O–H groups in total. The number of hydrogen-bond acceptors (Lipinski definition) is 6. The van der Waals surface area contributed by atoms with E-state index >= 15 is 0 Å². The Balaban J connectivity index is 1.73. The molecule has 0 saturated carbocycles. The highest BCUT2D eigenvalue weighted by atomic mass is 16.6. The Labute approximate surface area is 165 Å². The van der Waals surface area contributed by atoms with Crippen molar-refractivity contribution in [3.05, 3.63) is 60.3 Å². The fourth-order valence-electron chi connectivity index (χ4n) is 2.83. The Hall–Kier alpha value is -4.14. The maximum absolute atomic E-state index is 11.3. The van der Waals surface area contributed by atoms with Crippen molar-refractivity contribution in [1.29, 1.82) is 0 Å². The van der Waals surface area contributed by atoms with Crippen molar-refractivity contribution in [3.63, 3.8) is 0 Å². The first-order valence-corrected chi connectivity index (χ1v) is 8.80. The molecule has 0 unspecified atom stereocenters. The fourth-order valence-corrected chi connectivity index (χ4v) is 2.83. The number of benzene rings is 2. The lowest BCUT2D eigenvalue weighted by Gasteiger charge is -2.18. The van der Waals surface area contributed by atoms with Gasteiger partial charge in [-0.1, -0.05) is 18.2 Å². The van der Waals surface area contributed by atoms with Gasteiger partial charge in [-0.2, -0.15) is 10.2 Å². The van der Waals surface area contributed by atoms with E-state index in [1.54, 1.807) is 10.9 Å². The third-order valence-electron chi connectivity index (χ3n) is 4.17. The van der Waals surface area contributed by atoms with E-state index in [1.807, 2.05) is 48.5 Å². The van der Waals surface area contributed by atoms with Crippen LogP contribution < -0.4 is 20.6 Å². The molecule has 0 saturated heterocycles. The van der Waals surface area contributed by atoms with E-state index in [2.05, 4.69) is 15.6 Å². The first kappa shape index (κ1) is 18.2. The maximum Gasteiger partial charge on any atom is 0.329 e. The Kier molecular flexibility index (Phi) is 4.93. The number of carbonyl (C=O) groups excluding carboxylic acids is 2. The molecule has 3 aromatic rings. The van der Waals surface area contributed by atoms with Crippen molar-refractivity contribution < 1.29 is 19.1 Å². The number of primary amides is 1. The second kappa shape index (κ2) is 7.85. The summed E-state index contributed by atoms with van der Waals surface area (Å²) in [6.45, 7) is 0.981. The molecule has 2 amide bonds. The van der Waals surface area contributed by atoms with E-state index in [0.717, 1.165) is 11.3 Å². The number of fused-ring (bicyclic) bond motifs is 1. The number of nitrogens with zero attached hydrogens (tertiary/aromatic N) is 3. The molecule has 29 heavy (non-hydrogen) atoms. The predicted octanol–water partition coefficient (Wildman–Crippen LogP) is 1.25. The molecule has 2 aromatic carbocycles. The zero-order valence-electron chi connectivity index (χ0n) is 15.2. The van der Waals surface area contributed by atoms with Crippen LogP contribution in [0.15, 0.2) is 59.8 Å². The maximum atomic E-state index is 11.3. The average molecular weight is 391 g/mol. The Morgan fingerprint density at radius 3 is 2.62 bits per heavy atom. The number of nitrogens with two attached hydrogens (primary N) is 1. The van der Waals surface area contributed by atoms with Crippen molar-refractivity contribution in [1.82, 2.24) is 15.2 Å². The second-order valence-corrected chi connectivity index (χ2v) is 6.13. The summed E-state index contributed by atoms with van der Waals surface area (Å²) < 4.78 is 12.9. The SMILES string of the molecule is NC(=O)C(=O)N/N=C\c1cn(-c2ccccc2)nc1-c1ccc2c(c1)OCCO2. The van der Waals surface area contributed by atoms with Gasteiger partial charge in [0.15, 0.2) is 11.5 Å². The highest BCUT2D eigenvalue weighted by Crippen LogP contribution is 2.35. The van der Waals surface area contributed by atoms with Crippen molar-refractivity contribution in [2.45, 2.75) is 0 Å². The molecule has 4 rings (SSSR count). The minimum absolute atomic E-state index is 0.475. The van der Waals surface area contributed by atoms with Gasteiger partial charge < -0.3 is 15.2 Å².